The predicted molar refractivity (Wildman–Crippen MR) is 122 cm³/mol. The quantitative estimate of drug-likeness (QED) is 0.447. The molecule has 1 N–H and O–H groups in total. The molecule has 7 nitrogen and oxygen atoms in total. The fraction of sp³-hybridized carbons (Fsp3) is 0.125. The molecular weight excluding hydrogens is 428 g/mol. The second kappa shape index (κ2) is 8.86. The first-order chi connectivity index (χ1) is 15.3. The average Bonchev–Trinajstić information content (AvgIpc) is 3.27. The number of fused-ring (bicyclic) bond motifs is 1. The van der Waals surface area contributed by atoms with Crippen LogP contribution >= 0.6 is 0 Å². The van der Waals surface area contributed by atoms with Crippen molar-refractivity contribution in [2.75, 3.05) is 19.4 Å². The van der Waals surface area contributed by atoms with E-state index >= 15 is 0 Å². The van der Waals surface area contributed by atoms with Crippen molar-refractivity contribution in [3.8, 4) is 5.75 Å². The van der Waals surface area contributed by atoms with E-state index in [1.54, 1.807) is 24.3 Å². The normalized spacial score (nSPS) is 11.6. The number of benzene rings is 3. The fourth-order valence-electron chi connectivity index (χ4n) is 3.13. The van der Waals surface area contributed by atoms with Crippen molar-refractivity contribution in [3.05, 3.63) is 90.4 Å². The van der Waals surface area contributed by atoms with Crippen molar-refractivity contribution in [2.45, 2.75) is 11.5 Å². The maximum atomic E-state index is 12.5. The molecule has 32 heavy (non-hydrogen) atoms. The highest BCUT2D eigenvalue weighted by Crippen LogP contribution is 2.22. The van der Waals surface area contributed by atoms with E-state index in [4.69, 9.17) is 9.15 Å². The molecule has 8 heteroatoms. The highest BCUT2D eigenvalue weighted by Gasteiger charge is 2.18. The molecule has 0 aliphatic rings. The van der Waals surface area contributed by atoms with E-state index in [1.807, 2.05) is 42.5 Å². The van der Waals surface area contributed by atoms with Crippen LogP contribution in [0.2, 0.25) is 0 Å². The average molecular weight is 451 g/mol. The lowest BCUT2D eigenvalue weighted by Crippen LogP contribution is -2.22. The predicted octanol–water partition coefficient (Wildman–Crippen LogP) is 4.51. The first-order valence-corrected chi connectivity index (χ1v) is 11.3. The number of carbonyl (C=O) groups is 1. The lowest BCUT2D eigenvalue weighted by Gasteiger charge is -2.12. The Morgan fingerprint density at radius 1 is 0.938 bits per heavy atom. The molecule has 0 radical (unpaired) electrons. The van der Waals surface area contributed by atoms with E-state index in [0.29, 0.717) is 17.2 Å². The lowest BCUT2D eigenvalue weighted by atomic mass is 10.1. The molecule has 1 amide bonds. The zero-order valence-electron chi connectivity index (χ0n) is 17.6. The number of nitrogens with zero attached hydrogens (tertiary/aromatic N) is 1. The number of rotatable bonds is 7. The van der Waals surface area contributed by atoms with Crippen LogP contribution in [0.25, 0.3) is 10.8 Å². The molecule has 0 saturated carbocycles. The number of sulfonamides is 1. The summed E-state index contributed by atoms with van der Waals surface area (Å²) in [4.78, 5) is 12.6. The number of anilines is 1. The number of furan rings is 1. The van der Waals surface area contributed by atoms with Gasteiger partial charge in [-0.05, 0) is 53.2 Å². The Morgan fingerprint density at radius 2 is 1.72 bits per heavy atom. The number of carbonyl (C=O) groups excluding carboxylic acids is 1. The molecule has 0 spiro atoms. The van der Waals surface area contributed by atoms with Crippen LogP contribution in [0.15, 0.2) is 88.2 Å². The third kappa shape index (κ3) is 4.66. The van der Waals surface area contributed by atoms with E-state index in [2.05, 4.69) is 5.32 Å². The highest BCUT2D eigenvalue weighted by molar-refractivity contribution is 7.89. The van der Waals surface area contributed by atoms with Gasteiger partial charge in [-0.25, -0.2) is 12.7 Å². The molecule has 4 aromatic rings. The monoisotopic (exact) mass is 450 g/mol. The summed E-state index contributed by atoms with van der Waals surface area (Å²) >= 11 is 0. The van der Waals surface area contributed by atoms with Crippen molar-refractivity contribution >= 4 is 32.4 Å². The van der Waals surface area contributed by atoms with Gasteiger partial charge in [-0.1, -0.05) is 36.4 Å². The summed E-state index contributed by atoms with van der Waals surface area (Å²) < 4.78 is 37.1. The third-order valence-electron chi connectivity index (χ3n) is 4.86. The van der Waals surface area contributed by atoms with Gasteiger partial charge in [0.15, 0.2) is 5.76 Å². The molecule has 3 aromatic carbocycles. The van der Waals surface area contributed by atoms with Crippen LogP contribution in [-0.2, 0) is 16.6 Å². The second-order valence-corrected chi connectivity index (χ2v) is 9.48. The summed E-state index contributed by atoms with van der Waals surface area (Å²) in [6.45, 7) is 0.169. The van der Waals surface area contributed by atoms with Gasteiger partial charge >= 0.3 is 0 Å². The smallest absolute Gasteiger partial charge is 0.291 e. The Labute approximate surface area is 186 Å². The van der Waals surface area contributed by atoms with Crippen molar-refractivity contribution in [3.63, 3.8) is 0 Å². The van der Waals surface area contributed by atoms with Crippen LogP contribution in [0.5, 0.6) is 5.75 Å². The van der Waals surface area contributed by atoms with Gasteiger partial charge in [0.1, 0.15) is 18.1 Å². The Morgan fingerprint density at radius 3 is 2.50 bits per heavy atom. The minimum Gasteiger partial charge on any atom is -0.486 e. The van der Waals surface area contributed by atoms with Crippen molar-refractivity contribution in [1.82, 2.24) is 4.31 Å². The van der Waals surface area contributed by atoms with E-state index in [-0.39, 0.29) is 17.3 Å². The highest BCUT2D eigenvalue weighted by atomic mass is 32.2. The minimum atomic E-state index is -3.60. The number of ether oxygens (including phenoxy) is 1. The molecule has 164 valence electrons. The molecule has 1 aromatic heterocycles. The van der Waals surface area contributed by atoms with Crippen molar-refractivity contribution in [1.29, 1.82) is 0 Å². The van der Waals surface area contributed by atoms with Crippen molar-refractivity contribution in [2.24, 2.45) is 0 Å². The van der Waals surface area contributed by atoms with Gasteiger partial charge in [-0.3, -0.25) is 4.79 Å². The zero-order chi connectivity index (χ0) is 22.7. The van der Waals surface area contributed by atoms with E-state index in [1.165, 1.54) is 26.2 Å². The van der Waals surface area contributed by atoms with Gasteiger partial charge in [0.2, 0.25) is 10.0 Å². The van der Waals surface area contributed by atoms with Gasteiger partial charge in [-0.15, -0.1) is 0 Å². The Bertz CT molecular complexity index is 1380. The molecule has 0 atom stereocenters. The maximum absolute atomic E-state index is 12.5. The van der Waals surface area contributed by atoms with Gasteiger partial charge < -0.3 is 14.5 Å². The minimum absolute atomic E-state index is 0.0872. The van der Waals surface area contributed by atoms with Gasteiger partial charge in [0.25, 0.3) is 5.91 Å². The molecule has 4 rings (SSSR count). The van der Waals surface area contributed by atoms with Crippen molar-refractivity contribution < 1.29 is 22.4 Å². The SMILES string of the molecule is CN(C)S(=O)(=O)c1cccc(NC(=O)c2ccc(COc3ccc4ccccc4c3)o2)c1. The standard InChI is InChI=1S/C24H22N2O5S/c1-26(2)32(28,29)22-9-5-8-19(15-22)25-24(27)23-13-12-21(31-23)16-30-20-11-10-17-6-3-4-7-18(17)14-20/h3-15H,16H2,1-2H3,(H,25,27). The Hall–Kier alpha value is -3.62. The Balaban J connectivity index is 1.41. The fourth-order valence-corrected chi connectivity index (χ4v) is 4.08. The number of hydrogen-bond acceptors (Lipinski definition) is 5. The first-order valence-electron chi connectivity index (χ1n) is 9.87. The molecule has 0 aliphatic carbocycles. The molecule has 1 heterocycles. The summed E-state index contributed by atoms with van der Waals surface area (Å²) in [7, 11) is -0.702. The molecule has 0 fully saturated rings. The lowest BCUT2D eigenvalue weighted by molar-refractivity contribution is 0.0992. The van der Waals surface area contributed by atoms with Gasteiger partial charge in [0.05, 0.1) is 4.90 Å². The second-order valence-electron chi connectivity index (χ2n) is 7.33. The topological polar surface area (TPSA) is 88.9 Å². The summed E-state index contributed by atoms with van der Waals surface area (Å²) in [6.07, 6.45) is 0. The summed E-state index contributed by atoms with van der Waals surface area (Å²) in [5.41, 5.74) is 0.350. The number of nitrogens with one attached hydrogen (secondary N) is 1. The summed E-state index contributed by atoms with van der Waals surface area (Å²) in [6, 6.07) is 23.1. The molecule has 0 bridgehead atoms. The molecule has 0 unspecified atom stereocenters. The zero-order valence-corrected chi connectivity index (χ0v) is 18.4. The summed E-state index contributed by atoms with van der Waals surface area (Å²) in [5.74, 6) is 0.807. The Kier molecular flexibility index (Phi) is 5.98. The van der Waals surface area contributed by atoms with Crippen LogP contribution in [-0.4, -0.2) is 32.7 Å². The molecule has 0 saturated heterocycles. The first kappa shape index (κ1) is 21.6. The third-order valence-corrected chi connectivity index (χ3v) is 6.67. The largest absolute Gasteiger partial charge is 0.486 e. The van der Waals surface area contributed by atoms with Gasteiger partial charge in [0, 0.05) is 19.8 Å². The summed E-state index contributed by atoms with van der Waals surface area (Å²) in [5, 5.41) is 4.86. The number of hydrogen-bond donors (Lipinski definition) is 1. The molecule has 0 aliphatic heterocycles. The molecular formula is C24H22N2O5S. The van der Waals surface area contributed by atoms with Crippen LogP contribution in [0.1, 0.15) is 16.3 Å². The van der Waals surface area contributed by atoms with Crippen LogP contribution in [0, 0.1) is 0 Å². The van der Waals surface area contributed by atoms with Crippen LogP contribution in [0.4, 0.5) is 5.69 Å². The van der Waals surface area contributed by atoms with E-state index < -0.39 is 15.9 Å². The van der Waals surface area contributed by atoms with Crippen LogP contribution in [0.3, 0.4) is 0 Å². The van der Waals surface area contributed by atoms with E-state index in [9.17, 15) is 13.2 Å². The van der Waals surface area contributed by atoms with Gasteiger partial charge in [-0.2, -0.15) is 0 Å². The number of amides is 1. The van der Waals surface area contributed by atoms with Crippen LogP contribution < -0.4 is 10.1 Å². The maximum Gasteiger partial charge on any atom is 0.291 e. The van der Waals surface area contributed by atoms with E-state index in [0.717, 1.165) is 15.1 Å².